The number of sulfonamides is 1. The molecule has 0 aliphatic carbocycles. The van der Waals surface area contributed by atoms with Gasteiger partial charge in [-0.15, -0.1) is 0 Å². The number of benzene rings is 1. The summed E-state index contributed by atoms with van der Waals surface area (Å²) < 4.78 is 44.9. The van der Waals surface area contributed by atoms with Crippen molar-refractivity contribution in [2.24, 2.45) is 0 Å². The second kappa shape index (κ2) is 5.85. The molecule has 0 unspecified atom stereocenters. The highest BCUT2D eigenvalue weighted by Crippen LogP contribution is 2.51. The zero-order valence-electron chi connectivity index (χ0n) is 13.8. The first-order valence-corrected chi connectivity index (χ1v) is 9.05. The lowest BCUT2D eigenvalue weighted by molar-refractivity contribution is 0.169. The van der Waals surface area contributed by atoms with Crippen molar-refractivity contribution in [2.45, 2.75) is 37.8 Å². The van der Waals surface area contributed by atoms with Crippen LogP contribution in [0.25, 0.3) is 0 Å². The smallest absolute Gasteiger partial charge is 0.244 e. The summed E-state index contributed by atoms with van der Waals surface area (Å²) in [6, 6.07) is -0.206. The molecule has 0 saturated heterocycles. The molecule has 0 atom stereocenters. The maximum Gasteiger partial charge on any atom is 0.244 e. The van der Waals surface area contributed by atoms with Gasteiger partial charge in [-0.2, -0.15) is 0 Å². The normalized spacial score (nSPS) is 17.4. The van der Waals surface area contributed by atoms with Crippen LogP contribution in [-0.2, 0) is 23.0 Å². The van der Waals surface area contributed by atoms with E-state index in [1.54, 1.807) is 21.0 Å². The Morgan fingerprint density at radius 2 is 1.91 bits per heavy atom. The van der Waals surface area contributed by atoms with Gasteiger partial charge in [0.15, 0.2) is 11.5 Å². The molecule has 7 nitrogen and oxygen atoms in total. The predicted octanol–water partition coefficient (Wildman–Crippen LogP) is 1.10. The summed E-state index contributed by atoms with van der Waals surface area (Å²) in [7, 11) is -0.142. The number of hydrogen-bond donors (Lipinski definition) is 1. The monoisotopic (exact) mass is 342 g/mol. The summed E-state index contributed by atoms with van der Waals surface area (Å²) in [5.41, 5.74) is 1.62. The van der Waals surface area contributed by atoms with Crippen LogP contribution in [0.3, 0.4) is 0 Å². The van der Waals surface area contributed by atoms with E-state index in [1.165, 1.54) is 0 Å². The molecule has 1 N–H and O–H groups in total. The van der Waals surface area contributed by atoms with Crippen LogP contribution < -0.4 is 18.9 Å². The van der Waals surface area contributed by atoms with Crippen LogP contribution in [0.4, 0.5) is 0 Å². The van der Waals surface area contributed by atoms with Crippen molar-refractivity contribution in [3.05, 3.63) is 11.1 Å². The van der Waals surface area contributed by atoms with Gasteiger partial charge in [-0.05, 0) is 32.9 Å². The van der Waals surface area contributed by atoms with E-state index in [-0.39, 0.29) is 23.5 Å². The summed E-state index contributed by atoms with van der Waals surface area (Å²) in [6.07, 6.45) is 0.618. The number of ether oxygens (including phenoxy) is 3. The van der Waals surface area contributed by atoms with Gasteiger partial charge in [0.25, 0.3) is 0 Å². The molecule has 2 heterocycles. The minimum atomic E-state index is -3.70. The first-order chi connectivity index (χ1) is 10.8. The van der Waals surface area contributed by atoms with E-state index in [0.29, 0.717) is 24.5 Å². The molecule has 2 aliphatic heterocycles. The molecule has 0 spiro atoms. The fourth-order valence-electron chi connectivity index (χ4n) is 3.12. The van der Waals surface area contributed by atoms with Crippen LogP contribution in [0, 0.1) is 0 Å². The molecular weight excluding hydrogens is 320 g/mol. The fraction of sp³-hybridized carbons (Fsp3) is 0.600. The van der Waals surface area contributed by atoms with Crippen LogP contribution in [0.1, 0.15) is 25.0 Å². The summed E-state index contributed by atoms with van der Waals surface area (Å²) in [4.78, 5) is 2.32. The Morgan fingerprint density at radius 1 is 1.22 bits per heavy atom. The summed E-state index contributed by atoms with van der Waals surface area (Å²) in [6.45, 7) is 4.96. The summed E-state index contributed by atoms with van der Waals surface area (Å²) >= 11 is 0. The average Bonchev–Trinajstić information content (AvgIpc) is 2.91. The second-order valence-corrected chi connectivity index (χ2v) is 7.80. The van der Waals surface area contributed by atoms with Crippen molar-refractivity contribution in [1.82, 2.24) is 9.62 Å². The first kappa shape index (κ1) is 16.4. The molecule has 3 rings (SSSR count). The van der Waals surface area contributed by atoms with Crippen LogP contribution >= 0.6 is 0 Å². The van der Waals surface area contributed by atoms with Crippen molar-refractivity contribution in [1.29, 1.82) is 0 Å². The fourth-order valence-corrected chi connectivity index (χ4v) is 4.80. The van der Waals surface area contributed by atoms with Gasteiger partial charge >= 0.3 is 0 Å². The van der Waals surface area contributed by atoms with E-state index in [1.807, 2.05) is 7.05 Å². The number of nitrogens with zero attached hydrogens (tertiary/aromatic N) is 1. The van der Waals surface area contributed by atoms with Crippen molar-refractivity contribution < 1.29 is 22.6 Å². The largest absolute Gasteiger partial charge is 0.492 e. The highest BCUT2D eigenvalue weighted by Gasteiger charge is 2.37. The molecular formula is C15H22N2O5S. The van der Waals surface area contributed by atoms with E-state index in [9.17, 15) is 8.42 Å². The Morgan fingerprint density at radius 3 is 2.57 bits per heavy atom. The van der Waals surface area contributed by atoms with Gasteiger partial charge in [0.05, 0.1) is 7.11 Å². The first-order valence-electron chi connectivity index (χ1n) is 7.57. The highest BCUT2D eigenvalue weighted by molar-refractivity contribution is 7.89. The van der Waals surface area contributed by atoms with Crippen molar-refractivity contribution in [2.75, 3.05) is 27.5 Å². The maximum atomic E-state index is 12.9. The Labute approximate surface area is 136 Å². The van der Waals surface area contributed by atoms with E-state index >= 15 is 0 Å². The van der Waals surface area contributed by atoms with Crippen molar-refractivity contribution in [3.8, 4) is 17.2 Å². The molecule has 8 heteroatoms. The SMILES string of the molecule is COc1c2c(c(S(=O)(=O)NC(C)C)c3c1OCO3)CCN(C)C2. The van der Waals surface area contributed by atoms with Gasteiger partial charge in [-0.1, -0.05) is 0 Å². The van der Waals surface area contributed by atoms with Gasteiger partial charge < -0.3 is 19.1 Å². The molecule has 23 heavy (non-hydrogen) atoms. The summed E-state index contributed by atoms with van der Waals surface area (Å²) in [5.74, 6) is 1.21. The standard InChI is InChI=1S/C15H22N2O5S/c1-9(2)16-23(18,19)15-10-5-6-17(3)7-11(10)12(20-4)13-14(15)22-8-21-13/h9,16H,5-8H2,1-4H3. The maximum absolute atomic E-state index is 12.9. The number of likely N-dealkylation sites (N-methyl/N-ethyl adjacent to an activating group) is 1. The molecule has 0 radical (unpaired) electrons. The van der Waals surface area contributed by atoms with Gasteiger partial charge in [-0.25, -0.2) is 13.1 Å². The quantitative estimate of drug-likeness (QED) is 0.883. The third-order valence-electron chi connectivity index (χ3n) is 3.97. The molecule has 0 amide bonds. The van der Waals surface area contributed by atoms with Gasteiger partial charge in [0.1, 0.15) is 4.90 Å². The number of fused-ring (bicyclic) bond motifs is 2. The van der Waals surface area contributed by atoms with Gasteiger partial charge in [0, 0.05) is 24.7 Å². The van der Waals surface area contributed by atoms with Gasteiger partial charge in [0.2, 0.25) is 22.6 Å². The predicted molar refractivity (Wildman–Crippen MR) is 84.6 cm³/mol. The molecule has 1 aromatic rings. The van der Waals surface area contributed by atoms with Crippen LogP contribution in [0.2, 0.25) is 0 Å². The zero-order chi connectivity index (χ0) is 16.8. The second-order valence-electron chi connectivity index (χ2n) is 6.15. The minimum absolute atomic E-state index is 0.00533. The highest BCUT2D eigenvalue weighted by atomic mass is 32.2. The Kier molecular flexibility index (Phi) is 4.16. The van der Waals surface area contributed by atoms with E-state index in [0.717, 1.165) is 17.7 Å². The third kappa shape index (κ3) is 2.75. The van der Waals surface area contributed by atoms with Crippen LogP contribution in [0.5, 0.6) is 17.2 Å². The molecule has 0 aromatic heterocycles. The number of nitrogens with one attached hydrogen (secondary N) is 1. The van der Waals surface area contributed by atoms with Crippen LogP contribution in [0.15, 0.2) is 4.90 Å². The van der Waals surface area contributed by atoms with Crippen LogP contribution in [-0.4, -0.2) is 46.9 Å². The number of hydrogen-bond acceptors (Lipinski definition) is 6. The number of methoxy groups -OCH3 is 1. The van der Waals surface area contributed by atoms with E-state index in [4.69, 9.17) is 14.2 Å². The Hall–Kier alpha value is -1.51. The molecule has 1 aromatic carbocycles. The molecule has 128 valence electrons. The molecule has 0 saturated carbocycles. The Balaban J connectivity index is 2.28. The van der Waals surface area contributed by atoms with E-state index in [2.05, 4.69) is 9.62 Å². The van der Waals surface area contributed by atoms with Gasteiger partial charge in [-0.3, -0.25) is 0 Å². The van der Waals surface area contributed by atoms with E-state index < -0.39 is 10.0 Å². The lowest BCUT2D eigenvalue weighted by atomic mass is 9.97. The Bertz CT molecular complexity index is 730. The van der Waals surface area contributed by atoms with Crippen molar-refractivity contribution >= 4 is 10.0 Å². The third-order valence-corrected chi connectivity index (χ3v) is 5.72. The lowest BCUT2D eigenvalue weighted by Gasteiger charge is -2.29. The van der Waals surface area contributed by atoms with Crippen molar-refractivity contribution in [3.63, 3.8) is 0 Å². The topological polar surface area (TPSA) is 77.1 Å². The average molecular weight is 342 g/mol. The molecule has 0 fully saturated rings. The lowest BCUT2D eigenvalue weighted by Crippen LogP contribution is -2.34. The summed E-state index contributed by atoms with van der Waals surface area (Å²) in [5, 5.41) is 0. The minimum Gasteiger partial charge on any atom is -0.492 e. The zero-order valence-corrected chi connectivity index (χ0v) is 14.6. The molecule has 2 aliphatic rings. The molecule has 0 bridgehead atoms. The number of rotatable bonds is 4.